The number of fused-ring (bicyclic) bond motifs is 6. The molecule has 0 bridgehead atoms. The Hall–Kier alpha value is -5.92. The fourth-order valence-corrected chi connectivity index (χ4v) is 7.57. The number of hydrogen-bond acceptors (Lipinski definition) is 1. The van der Waals surface area contributed by atoms with Gasteiger partial charge in [0.25, 0.3) is 0 Å². The lowest BCUT2D eigenvalue weighted by molar-refractivity contribution is 0.660. The Bertz CT molecular complexity index is 2440. The zero-order chi connectivity index (χ0) is 33.5. The molecule has 7 aromatic rings. The molecule has 236 valence electrons. The van der Waals surface area contributed by atoms with Gasteiger partial charge in [-0.3, -0.25) is 0 Å². The maximum absolute atomic E-state index is 3.80. The third-order valence-corrected chi connectivity index (χ3v) is 10.2. The topological polar surface area (TPSA) is 3.24 Å². The molecule has 1 heteroatoms. The Kier molecular flexibility index (Phi) is 7.62. The van der Waals surface area contributed by atoms with Gasteiger partial charge in [-0.25, -0.2) is 0 Å². The van der Waals surface area contributed by atoms with Gasteiger partial charge in [-0.2, -0.15) is 0 Å². The molecule has 0 saturated heterocycles. The van der Waals surface area contributed by atoms with Crippen molar-refractivity contribution in [3.8, 4) is 22.3 Å². The summed E-state index contributed by atoms with van der Waals surface area (Å²) in [6, 6.07) is 53.6. The van der Waals surface area contributed by atoms with Gasteiger partial charge in [0.15, 0.2) is 0 Å². The van der Waals surface area contributed by atoms with Crippen LogP contribution < -0.4 is 4.90 Å². The van der Waals surface area contributed by atoms with Crippen LogP contribution in [0.4, 0.5) is 17.1 Å². The van der Waals surface area contributed by atoms with E-state index in [9.17, 15) is 0 Å². The van der Waals surface area contributed by atoms with Crippen molar-refractivity contribution in [2.45, 2.75) is 26.2 Å². The molecule has 0 aromatic heterocycles. The molecule has 8 rings (SSSR count). The third kappa shape index (κ3) is 5.29. The highest BCUT2D eigenvalue weighted by molar-refractivity contribution is 6.09. The van der Waals surface area contributed by atoms with Crippen LogP contribution in [0.5, 0.6) is 0 Å². The first-order chi connectivity index (χ1) is 23.9. The van der Waals surface area contributed by atoms with E-state index in [2.05, 4.69) is 190 Å². The molecular formula is C48H39N. The van der Waals surface area contributed by atoms with Crippen LogP contribution in [0.15, 0.2) is 176 Å². The summed E-state index contributed by atoms with van der Waals surface area (Å²) in [5, 5.41) is 5.01. The Balaban J connectivity index is 1.32. The first-order valence-electron chi connectivity index (χ1n) is 17.1. The summed E-state index contributed by atoms with van der Waals surface area (Å²) in [5.41, 5.74) is 13.5. The number of nitrogens with zero attached hydrogens (tertiary/aromatic N) is 1. The van der Waals surface area contributed by atoms with E-state index in [1.165, 1.54) is 66.1 Å². The number of anilines is 3. The molecule has 0 unspecified atom stereocenters. The summed E-state index contributed by atoms with van der Waals surface area (Å²) in [7, 11) is 0. The lowest BCUT2D eigenvalue weighted by Gasteiger charge is -2.30. The van der Waals surface area contributed by atoms with Crippen molar-refractivity contribution in [3.63, 3.8) is 0 Å². The second kappa shape index (κ2) is 12.3. The Labute approximate surface area is 289 Å². The molecule has 1 nitrogen and oxygen atoms in total. The van der Waals surface area contributed by atoms with E-state index in [1.807, 2.05) is 12.2 Å². The minimum Gasteiger partial charge on any atom is -0.310 e. The van der Waals surface area contributed by atoms with Gasteiger partial charge < -0.3 is 4.90 Å². The van der Waals surface area contributed by atoms with Gasteiger partial charge in [0.2, 0.25) is 0 Å². The molecule has 0 fully saturated rings. The lowest BCUT2D eigenvalue weighted by atomic mass is 9.81. The average molecular weight is 630 g/mol. The minimum atomic E-state index is -0.169. The van der Waals surface area contributed by atoms with Crippen molar-refractivity contribution < 1.29 is 0 Å². The van der Waals surface area contributed by atoms with E-state index in [-0.39, 0.29) is 5.41 Å². The highest BCUT2D eigenvalue weighted by Gasteiger charge is 2.36. The zero-order valence-corrected chi connectivity index (χ0v) is 28.3. The second-order valence-corrected chi connectivity index (χ2v) is 13.5. The standard InChI is InChI=1S/C48H39N/c1-5-6-8-15-33(2)37-25-28-42-43-29-27-39(32-46(43)48(3,4)45(42)30-37)49(47-21-14-13-20-41(47)34-16-9-7-10-17-34)38-26-24-36-23-22-35-18-11-12-19-40(35)44(36)31-38/h5-32H,1H2,2-4H3. The van der Waals surface area contributed by atoms with E-state index in [0.717, 1.165) is 17.1 Å². The van der Waals surface area contributed by atoms with Crippen LogP contribution in [0.2, 0.25) is 0 Å². The van der Waals surface area contributed by atoms with Crippen molar-refractivity contribution in [2.24, 2.45) is 0 Å². The number of para-hydroxylation sites is 1. The Morgan fingerprint density at radius 2 is 1.20 bits per heavy atom. The first kappa shape index (κ1) is 30.4. The highest BCUT2D eigenvalue weighted by Crippen LogP contribution is 2.52. The van der Waals surface area contributed by atoms with Crippen LogP contribution in [-0.4, -0.2) is 0 Å². The van der Waals surface area contributed by atoms with Crippen molar-refractivity contribution in [3.05, 3.63) is 193 Å². The summed E-state index contributed by atoms with van der Waals surface area (Å²) in [5.74, 6) is 0. The molecule has 0 spiro atoms. The van der Waals surface area contributed by atoms with E-state index in [0.29, 0.717) is 0 Å². The van der Waals surface area contributed by atoms with Crippen LogP contribution in [0.3, 0.4) is 0 Å². The number of benzene rings is 7. The van der Waals surface area contributed by atoms with E-state index in [4.69, 9.17) is 0 Å². The molecule has 0 saturated carbocycles. The molecule has 0 atom stereocenters. The fraction of sp³-hybridized carbons (Fsp3) is 0.0833. The van der Waals surface area contributed by atoms with Gasteiger partial charge in [0.1, 0.15) is 0 Å². The zero-order valence-electron chi connectivity index (χ0n) is 28.3. The quantitative estimate of drug-likeness (QED) is 0.125. The molecule has 49 heavy (non-hydrogen) atoms. The van der Waals surface area contributed by atoms with Crippen LogP contribution in [0.25, 0.3) is 49.4 Å². The van der Waals surface area contributed by atoms with Gasteiger partial charge in [-0.05, 0) is 104 Å². The predicted molar refractivity (Wildman–Crippen MR) is 212 cm³/mol. The number of hydrogen-bond donors (Lipinski definition) is 0. The Morgan fingerprint density at radius 3 is 2.02 bits per heavy atom. The normalized spacial score (nSPS) is 13.5. The van der Waals surface area contributed by atoms with Crippen molar-refractivity contribution in [2.75, 3.05) is 4.90 Å². The molecule has 0 heterocycles. The summed E-state index contributed by atoms with van der Waals surface area (Å²) >= 11 is 0. The second-order valence-electron chi connectivity index (χ2n) is 13.5. The summed E-state index contributed by atoms with van der Waals surface area (Å²) in [6.45, 7) is 10.7. The number of rotatable bonds is 7. The predicted octanol–water partition coefficient (Wildman–Crippen LogP) is 13.6. The minimum absolute atomic E-state index is 0.169. The van der Waals surface area contributed by atoms with Crippen LogP contribution >= 0.6 is 0 Å². The molecule has 7 aromatic carbocycles. The highest BCUT2D eigenvalue weighted by atomic mass is 15.1. The SMILES string of the molecule is C=CC=CC=C(C)c1ccc2c(c1)C(C)(C)c1cc(N(c3ccc4ccc5ccccc5c4c3)c3ccccc3-c3ccccc3)ccc1-2. The molecule has 0 amide bonds. The molecular weight excluding hydrogens is 591 g/mol. The average Bonchev–Trinajstić information content (AvgIpc) is 3.37. The Morgan fingerprint density at radius 1 is 0.571 bits per heavy atom. The molecule has 1 aliphatic rings. The van der Waals surface area contributed by atoms with Gasteiger partial charge in [-0.15, -0.1) is 0 Å². The van der Waals surface area contributed by atoms with E-state index < -0.39 is 0 Å². The van der Waals surface area contributed by atoms with Gasteiger partial charge in [0.05, 0.1) is 5.69 Å². The third-order valence-electron chi connectivity index (χ3n) is 10.2. The van der Waals surface area contributed by atoms with Crippen molar-refractivity contribution in [1.82, 2.24) is 0 Å². The molecule has 0 radical (unpaired) electrons. The molecule has 1 aliphatic carbocycles. The lowest BCUT2D eigenvalue weighted by Crippen LogP contribution is -2.17. The van der Waals surface area contributed by atoms with Gasteiger partial charge in [-0.1, -0.05) is 154 Å². The maximum atomic E-state index is 3.80. The van der Waals surface area contributed by atoms with E-state index in [1.54, 1.807) is 0 Å². The smallest absolute Gasteiger partial charge is 0.0540 e. The van der Waals surface area contributed by atoms with Gasteiger partial charge in [0, 0.05) is 22.4 Å². The van der Waals surface area contributed by atoms with Crippen molar-refractivity contribution in [1.29, 1.82) is 0 Å². The van der Waals surface area contributed by atoms with Gasteiger partial charge >= 0.3 is 0 Å². The van der Waals surface area contributed by atoms with Crippen LogP contribution in [-0.2, 0) is 5.41 Å². The monoisotopic (exact) mass is 629 g/mol. The summed E-state index contributed by atoms with van der Waals surface area (Å²) in [4.78, 5) is 2.45. The summed E-state index contributed by atoms with van der Waals surface area (Å²) in [6.07, 6.45) is 7.99. The molecule has 0 N–H and O–H groups in total. The first-order valence-corrected chi connectivity index (χ1v) is 17.1. The maximum Gasteiger partial charge on any atom is 0.0540 e. The number of allylic oxidation sites excluding steroid dienone is 5. The van der Waals surface area contributed by atoms with E-state index >= 15 is 0 Å². The fourth-order valence-electron chi connectivity index (χ4n) is 7.57. The molecule has 0 aliphatic heterocycles. The van der Waals surface area contributed by atoms with Crippen molar-refractivity contribution >= 4 is 44.2 Å². The largest absolute Gasteiger partial charge is 0.310 e. The summed E-state index contributed by atoms with van der Waals surface area (Å²) < 4.78 is 0. The van der Waals surface area contributed by atoms with Crippen LogP contribution in [0.1, 0.15) is 37.5 Å². The van der Waals surface area contributed by atoms with Crippen LogP contribution in [0, 0.1) is 0 Å².